The molecule has 1 aromatic carbocycles. The first kappa shape index (κ1) is 26.7. The highest BCUT2D eigenvalue weighted by Gasteiger charge is 2.31. The van der Waals surface area contributed by atoms with E-state index in [1.165, 1.54) is 19.4 Å². The molecule has 1 aliphatic rings. The van der Waals surface area contributed by atoms with Crippen LogP contribution in [-0.4, -0.2) is 52.1 Å². The highest BCUT2D eigenvalue weighted by atomic mass is 35.5. The van der Waals surface area contributed by atoms with Gasteiger partial charge in [-0.3, -0.25) is 14.7 Å². The summed E-state index contributed by atoms with van der Waals surface area (Å²) in [4.78, 5) is 31.2. The van der Waals surface area contributed by atoms with Gasteiger partial charge >= 0.3 is 6.18 Å². The molecular formula is C24H22Cl2F3N5O3. The summed E-state index contributed by atoms with van der Waals surface area (Å²) in [5.74, 6) is -0.501. The summed E-state index contributed by atoms with van der Waals surface area (Å²) in [6.07, 6.45) is -2.18. The van der Waals surface area contributed by atoms with E-state index in [9.17, 15) is 22.8 Å². The quantitative estimate of drug-likeness (QED) is 0.447. The molecule has 0 unspecified atom stereocenters. The Morgan fingerprint density at radius 2 is 1.89 bits per heavy atom. The monoisotopic (exact) mass is 555 g/mol. The summed E-state index contributed by atoms with van der Waals surface area (Å²) in [7, 11) is 1.48. The van der Waals surface area contributed by atoms with E-state index in [-0.39, 0.29) is 35.0 Å². The van der Waals surface area contributed by atoms with Gasteiger partial charge < -0.3 is 15.0 Å². The number of pyridine rings is 1. The maximum Gasteiger partial charge on any atom is 0.416 e. The van der Waals surface area contributed by atoms with Gasteiger partial charge in [0, 0.05) is 42.2 Å². The number of benzene rings is 1. The third-order valence-electron chi connectivity index (χ3n) is 6.11. The number of likely N-dealkylation sites (tertiary alicyclic amines) is 1. The number of hydrogen-bond donors (Lipinski definition) is 2. The average molecular weight is 556 g/mol. The number of nitrogens with one attached hydrogen (secondary N) is 2. The second-order valence-electron chi connectivity index (χ2n) is 8.46. The first-order chi connectivity index (χ1) is 17.6. The van der Waals surface area contributed by atoms with Crippen LogP contribution in [0.2, 0.25) is 10.0 Å². The van der Waals surface area contributed by atoms with Crippen molar-refractivity contribution < 1.29 is 27.5 Å². The fourth-order valence-corrected chi connectivity index (χ4v) is 4.46. The van der Waals surface area contributed by atoms with Crippen molar-refractivity contribution in [2.45, 2.75) is 25.6 Å². The predicted octanol–water partition coefficient (Wildman–Crippen LogP) is 4.97. The van der Waals surface area contributed by atoms with Crippen LogP contribution in [0.5, 0.6) is 5.88 Å². The Labute approximate surface area is 220 Å². The molecule has 8 nitrogen and oxygen atoms in total. The van der Waals surface area contributed by atoms with Gasteiger partial charge in [0.05, 0.1) is 29.6 Å². The number of halogens is 5. The lowest BCUT2D eigenvalue weighted by molar-refractivity contribution is -0.137. The number of amides is 2. The number of aromatic amines is 1. The first-order valence-electron chi connectivity index (χ1n) is 11.2. The van der Waals surface area contributed by atoms with Crippen molar-refractivity contribution in [3.05, 3.63) is 63.4 Å². The van der Waals surface area contributed by atoms with Crippen LogP contribution in [-0.2, 0) is 17.5 Å². The number of rotatable bonds is 6. The molecule has 3 heterocycles. The van der Waals surface area contributed by atoms with Crippen molar-refractivity contribution in [3.63, 3.8) is 0 Å². The van der Waals surface area contributed by atoms with E-state index in [0.717, 1.165) is 12.1 Å². The summed E-state index contributed by atoms with van der Waals surface area (Å²) >= 11 is 12.2. The van der Waals surface area contributed by atoms with Crippen molar-refractivity contribution in [2.75, 3.05) is 20.2 Å². The molecule has 1 aliphatic heterocycles. The summed E-state index contributed by atoms with van der Waals surface area (Å²) in [5.41, 5.74) is 0.865. The minimum atomic E-state index is -4.49. The number of nitrogens with zero attached hydrogens (tertiary/aromatic N) is 3. The van der Waals surface area contributed by atoms with Crippen LogP contribution in [0.1, 0.15) is 34.5 Å². The topological polar surface area (TPSA) is 100 Å². The van der Waals surface area contributed by atoms with Crippen LogP contribution in [0, 0.1) is 5.92 Å². The van der Waals surface area contributed by atoms with Crippen LogP contribution in [0.3, 0.4) is 0 Å². The fourth-order valence-electron chi connectivity index (χ4n) is 4.01. The Morgan fingerprint density at radius 1 is 1.16 bits per heavy atom. The van der Waals surface area contributed by atoms with Crippen LogP contribution in [0.15, 0.2) is 36.5 Å². The van der Waals surface area contributed by atoms with E-state index in [2.05, 4.69) is 20.5 Å². The normalized spacial score (nSPS) is 14.5. The van der Waals surface area contributed by atoms with Crippen LogP contribution in [0.25, 0.3) is 11.3 Å². The van der Waals surface area contributed by atoms with Crippen LogP contribution >= 0.6 is 23.2 Å². The van der Waals surface area contributed by atoms with Crippen molar-refractivity contribution >= 4 is 35.0 Å². The molecule has 0 aliphatic carbocycles. The molecule has 3 aromatic rings. The van der Waals surface area contributed by atoms with E-state index in [1.807, 2.05) is 0 Å². The SMILES string of the molecule is COc1cc(-c2cc(C(=O)N3CCC(C(=O)NCc4ccc(C(F)(F)F)cc4Cl)CC3)n[nH]2)c(Cl)cn1. The van der Waals surface area contributed by atoms with E-state index in [4.69, 9.17) is 27.9 Å². The predicted molar refractivity (Wildman–Crippen MR) is 130 cm³/mol. The van der Waals surface area contributed by atoms with Gasteiger partial charge in [-0.25, -0.2) is 4.98 Å². The summed E-state index contributed by atoms with van der Waals surface area (Å²) in [6.45, 7) is 0.710. The molecule has 13 heteroatoms. The summed E-state index contributed by atoms with van der Waals surface area (Å²) in [6, 6.07) is 6.24. The minimum Gasteiger partial charge on any atom is -0.481 e. The molecule has 196 valence electrons. The van der Waals surface area contributed by atoms with E-state index in [0.29, 0.717) is 53.7 Å². The number of piperidine rings is 1. The third-order valence-corrected chi connectivity index (χ3v) is 6.77. The molecule has 1 fully saturated rings. The number of methoxy groups -OCH3 is 1. The molecule has 0 bridgehead atoms. The standard InChI is InChI=1S/C24H22Cl2F3N5O3/c1-37-21-9-16(18(26)12-30-21)19-10-20(33-32-19)23(36)34-6-4-13(5-7-34)22(35)31-11-14-2-3-15(8-17(14)25)24(27,28)29/h2-3,8-10,12-13H,4-7,11H2,1H3,(H,31,35)(H,32,33). The zero-order valence-corrected chi connectivity index (χ0v) is 21.0. The zero-order chi connectivity index (χ0) is 26.7. The number of aromatic nitrogens is 3. The number of alkyl halides is 3. The maximum atomic E-state index is 13.0. The number of carbonyl (C=O) groups excluding carboxylic acids is 2. The molecule has 4 rings (SSSR count). The molecule has 2 N–H and O–H groups in total. The van der Waals surface area contributed by atoms with Gasteiger partial charge in [0.2, 0.25) is 11.8 Å². The third kappa shape index (κ3) is 6.16. The highest BCUT2D eigenvalue weighted by Crippen LogP contribution is 2.32. The Morgan fingerprint density at radius 3 is 2.54 bits per heavy atom. The van der Waals surface area contributed by atoms with Gasteiger partial charge in [-0.2, -0.15) is 18.3 Å². The Kier molecular flexibility index (Phi) is 7.93. The second-order valence-corrected chi connectivity index (χ2v) is 9.28. The van der Waals surface area contributed by atoms with Crippen molar-refractivity contribution in [1.29, 1.82) is 0 Å². The Hall–Kier alpha value is -3.31. The molecule has 0 spiro atoms. The van der Waals surface area contributed by atoms with E-state index >= 15 is 0 Å². The number of H-pyrrole nitrogens is 1. The van der Waals surface area contributed by atoms with Crippen LogP contribution < -0.4 is 10.1 Å². The van der Waals surface area contributed by atoms with Gasteiger partial charge in [-0.15, -0.1) is 0 Å². The molecule has 0 saturated carbocycles. The number of ether oxygens (including phenoxy) is 1. The largest absolute Gasteiger partial charge is 0.481 e. The van der Waals surface area contributed by atoms with E-state index < -0.39 is 11.7 Å². The number of carbonyl (C=O) groups is 2. The second kappa shape index (κ2) is 11.0. The van der Waals surface area contributed by atoms with Gasteiger partial charge in [0.15, 0.2) is 5.69 Å². The van der Waals surface area contributed by atoms with Crippen molar-refractivity contribution in [2.24, 2.45) is 5.92 Å². The molecule has 0 radical (unpaired) electrons. The Bertz CT molecular complexity index is 1310. The van der Waals surface area contributed by atoms with Gasteiger partial charge in [0.1, 0.15) is 0 Å². The van der Waals surface area contributed by atoms with Crippen molar-refractivity contribution in [3.8, 4) is 17.1 Å². The number of hydrogen-bond acceptors (Lipinski definition) is 5. The highest BCUT2D eigenvalue weighted by molar-refractivity contribution is 6.33. The lowest BCUT2D eigenvalue weighted by Crippen LogP contribution is -2.43. The van der Waals surface area contributed by atoms with Gasteiger partial charge in [0.25, 0.3) is 5.91 Å². The van der Waals surface area contributed by atoms with Gasteiger partial charge in [-0.05, 0) is 36.6 Å². The zero-order valence-electron chi connectivity index (χ0n) is 19.5. The molecule has 2 amide bonds. The lowest BCUT2D eigenvalue weighted by Gasteiger charge is -2.30. The Balaban J connectivity index is 1.31. The van der Waals surface area contributed by atoms with Crippen molar-refractivity contribution in [1.82, 2.24) is 25.4 Å². The summed E-state index contributed by atoms with van der Waals surface area (Å²) < 4.78 is 43.5. The smallest absolute Gasteiger partial charge is 0.416 e. The first-order valence-corrected chi connectivity index (χ1v) is 12.0. The molecule has 37 heavy (non-hydrogen) atoms. The maximum absolute atomic E-state index is 13.0. The molecule has 0 atom stereocenters. The van der Waals surface area contributed by atoms with Gasteiger partial charge in [-0.1, -0.05) is 29.3 Å². The molecule has 2 aromatic heterocycles. The van der Waals surface area contributed by atoms with Crippen LogP contribution in [0.4, 0.5) is 13.2 Å². The fraction of sp³-hybridized carbons (Fsp3) is 0.333. The average Bonchev–Trinajstić information content (AvgIpc) is 3.37. The summed E-state index contributed by atoms with van der Waals surface area (Å²) in [5, 5.41) is 9.95. The molecular weight excluding hydrogens is 534 g/mol. The molecule has 1 saturated heterocycles. The minimum absolute atomic E-state index is 0.00729. The van der Waals surface area contributed by atoms with E-state index in [1.54, 1.807) is 17.0 Å². The lowest BCUT2D eigenvalue weighted by atomic mass is 9.95.